The minimum atomic E-state index is -4.70. The molecule has 0 radical (unpaired) electrons. The van der Waals surface area contributed by atoms with Gasteiger partial charge < -0.3 is 9.64 Å². The van der Waals surface area contributed by atoms with Gasteiger partial charge in [0, 0.05) is 18.0 Å². The Kier molecular flexibility index (Phi) is 7.00. The molecule has 2 aromatic rings. The fourth-order valence-electron chi connectivity index (χ4n) is 3.83. The Bertz CT molecular complexity index is 1120. The van der Waals surface area contributed by atoms with E-state index in [1.165, 1.54) is 37.3 Å². The molecule has 1 amide bonds. The van der Waals surface area contributed by atoms with E-state index in [-0.39, 0.29) is 35.5 Å². The third-order valence-electron chi connectivity index (χ3n) is 5.34. The van der Waals surface area contributed by atoms with Gasteiger partial charge in [-0.1, -0.05) is 36.9 Å². The monoisotopic (exact) mass is 465 g/mol. The fraction of sp³-hybridized carbons (Fsp3) is 0.250. The fourth-order valence-corrected chi connectivity index (χ4v) is 3.83. The molecule has 0 unspecified atom stereocenters. The molecular formula is C24H20F5NO3. The molecule has 0 bridgehead atoms. The van der Waals surface area contributed by atoms with Crippen LogP contribution >= 0.6 is 0 Å². The molecule has 3 rings (SSSR count). The van der Waals surface area contributed by atoms with Crippen LogP contribution in [0.25, 0.3) is 0 Å². The van der Waals surface area contributed by atoms with Gasteiger partial charge in [0.1, 0.15) is 6.61 Å². The van der Waals surface area contributed by atoms with Crippen molar-refractivity contribution in [1.82, 2.24) is 4.90 Å². The molecule has 0 aliphatic carbocycles. The number of hydrogen-bond donors (Lipinski definition) is 0. The number of benzene rings is 2. The summed E-state index contributed by atoms with van der Waals surface area (Å²) < 4.78 is 73.0. The van der Waals surface area contributed by atoms with Gasteiger partial charge in [0.2, 0.25) is 5.91 Å². The number of esters is 1. The number of carbonyl (C=O) groups excluding carboxylic acids is 2. The second-order valence-electron chi connectivity index (χ2n) is 7.46. The molecule has 1 atom stereocenters. The minimum absolute atomic E-state index is 0.0759. The van der Waals surface area contributed by atoms with E-state index in [0.717, 1.165) is 23.1 Å². The quantitative estimate of drug-likeness (QED) is 0.322. The molecule has 1 aliphatic rings. The van der Waals surface area contributed by atoms with E-state index in [1.807, 2.05) is 0 Å². The highest BCUT2D eigenvalue weighted by Crippen LogP contribution is 2.43. The number of hydrogen-bond acceptors (Lipinski definition) is 3. The molecular weight excluding hydrogens is 445 g/mol. The van der Waals surface area contributed by atoms with E-state index in [9.17, 15) is 31.5 Å². The highest BCUT2D eigenvalue weighted by Gasteiger charge is 2.42. The maximum atomic E-state index is 13.7. The van der Waals surface area contributed by atoms with Gasteiger partial charge in [-0.2, -0.15) is 13.2 Å². The van der Waals surface area contributed by atoms with E-state index >= 15 is 0 Å². The van der Waals surface area contributed by atoms with Gasteiger partial charge in [0.25, 0.3) is 0 Å². The van der Waals surface area contributed by atoms with Crippen molar-refractivity contribution in [2.45, 2.75) is 32.0 Å². The lowest BCUT2D eigenvalue weighted by molar-refractivity contribution is -0.142. The lowest BCUT2D eigenvalue weighted by atomic mass is 9.81. The van der Waals surface area contributed by atoms with Crippen LogP contribution in [0.2, 0.25) is 0 Å². The summed E-state index contributed by atoms with van der Waals surface area (Å²) >= 11 is 0. The Morgan fingerprint density at radius 2 is 1.88 bits per heavy atom. The second-order valence-corrected chi connectivity index (χ2v) is 7.46. The average molecular weight is 465 g/mol. The van der Waals surface area contributed by atoms with E-state index in [2.05, 4.69) is 6.58 Å². The Hall–Kier alpha value is -3.49. The lowest BCUT2D eigenvalue weighted by Gasteiger charge is -2.35. The van der Waals surface area contributed by atoms with Crippen molar-refractivity contribution < 1.29 is 36.3 Å². The molecule has 0 saturated heterocycles. The molecule has 1 heterocycles. The number of amides is 1. The van der Waals surface area contributed by atoms with Crippen LogP contribution in [0, 0.1) is 11.6 Å². The van der Waals surface area contributed by atoms with Crippen LogP contribution in [0.4, 0.5) is 22.0 Å². The van der Waals surface area contributed by atoms with Crippen LogP contribution in [-0.2, 0) is 27.0 Å². The number of nitrogens with zero attached hydrogens (tertiary/aromatic N) is 1. The number of alkyl halides is 3. The highest BCUT2D eigenvalue weighted by molar-refractivity contribution is 5.96. The third kappa shape index (κ3) is 5.13. The Morgan fingerprint density at radius 3 is 2.52 bits per heavy atom. The van der Waals surface area contributed by atoms with Crippen molar-refractivity contribution in [1.29, 1.82) is 0 Å². The van der Waals surface area contributed by atoms with Gasteiger partial charge in [-0.25, -0.2) is 13.6 Å². The normalized spacial score (nSPS) is 16.7. The molecule has 0 N–H and O–H groups in total. The van der Waals surface area contributed by atoms with Crippen molar-refractivity contribution in [3.05, 3.63) is 94.7 Å². The number of carbonyl (C=O) groups is 2. The molecule has 9 heteroatoms. The zero-order valence-corrected chi connectivity index (χ0v) is 17.6. The Morgan fingerprint density at radius 1 is 1.18 bits per heavy atom. The first-order valence-electron chi connectivity index (χ1n) is 9.93. The number of ether oxygens (including phenoxy) is 1. The van der Waals surface area contributed by atoms with Gasteiger partial charge in [0.05, 0.1) is 17.7 Å². The van der Waals surface area contributed by atoms with Crippen LogP contribution in [0.15, 0.2) is 66.4 Å². The first kappa shape index (κ1) is 24.2. The molecule has 0 fully saturated rings. The molecule has 1 aliphatic heterocycles. The van der Waals surface area contributed by atoms with Crippen LogP contribution in [-0.4, -0.2) is 23.4 Å². The van der Waals surface area contributed by atoms with Crippen LogP contribution in [0.5, 0.6) is 0 Å². The summed E-state index contributed by atoms with van der Waals surface area (Å²) in [5.74, 6) is -4.83. The standard InChI is InChI=1S/C24H20F5NO3/c1-3-10-33-23(32)22-14(2)30(13-15-8-9-19(25)20(26)11-15)21(31)12-17(22)16-6-4-5-7-18(16)24(27,28)29/h3-9,11,17H,1,10,12-13H2,2H3/t17-/m0/s1. The van der Waals surface area contributed by atoms with Crippen molar-refractivity contribution in [2.75, 3.05) is 6.61 Å². The minimum Gasteiger partial charge on any atom is -0.458 e. The molecule has 0 saturated carbocycles. The molecule has 2 aromatic carbocycles. The van der Waals surface area contributed by atoms with Gasteiger partial charge in [-0.15, -0.1) is 0 Å². The summed E-state index contributed by atoms with van der Waals surface area (Å²) in [7, 11) is 0. The molecule has 33 heavy (non-hydrogen) atoms. The molecule has 4 nitrogen and oxygen atoms in total. The third-order valence-corrected chi connectivity index (χ3v) is 5.34. The summed E-state index contributed by atoms with van der Waals surface area (Å²) in [6.45, 7) is 4.47. The number of halogens is 5. The topological polar surface area (TPSA) is 46.6 Å². The van der Waals surface area contributed by atoms with Crippen LogP contribution in [0.3, 0.4) is 0 Å². The maximum absolute atomic E-state index is 13.7. The van der Waals surface area contributed by atoms with Crippen LogP contribution in [0.1, 0.15) is 36.0 Å². The van der Waals surface area contributed by atoms with Crippen molar-refractivity contribution in [3.8, 4) is 0 Å². The maximum Gasteiger partial charge on any atom is 0.416 e. The average Bonchev–Trinajstić information content (AvgIpc) is 2.76. The zero-order valence-electron chi connectivity index (χ0n) is 17.6. The SMILES string of the molecule is C=CCOC(=O)C1=C(C)N(Cc2ccc(F)c(F)c2)C(=O)C[C@H]1c1ccccc1C(F)(F)F. The molecule has 0 aromatic heterocycles. The molecule has 174 valence electrons. The summed E-state index contributed by atoms with van der Waals surface area (Å²) in [5.41, 5.74) is -0.980. The van der Waals surface area contributed by atoms with Gasteiger partial charge in [0.15, 0.2) is 11.6 Å². The van der Waals surface area contributed by atoms with Crippen molar-refractivity contribution in [3.63, 3.8) is 0 Å². The van der Waals surface area contributed by atoms with Gasteiger partial charge >= 0.3 is 12.1 Å². The first-order valence-corrected chi connectivity index (χ1v) is 9.93. The van der Waals surface area contributed by atoms with Crippen molar-refractivity contribution in [2.24, 2.45) is 0 Å². The summed E-state index contributed by atoms with van der Waals surface area (Å²) in [4.78, 5) is 27.0. The van der Waals surface area contributed by atoms with Crippen molar-refractivity contribution >= 4 is 11.9 Å². The Labute approximate surface area is 187 Å². The largest absolute Gasteiger partial charge is 0.458 e. The first-order chi connectivity index (χ1) is 15.5. The predicted octanol–water partition coefficient (Wildman–Crippen LogP) is 5.50. The molecule has 0 spiro atoms. The van der Waals surface area contributed by atoms with E-state index < -0.39 is 47.6 Å². The highest BCUT2D eigenvalue weighted by atomic mass is 19.4. The second kappa shape index (κ2) is 9.56. The lowest BCUT2D eigenvalue weighted by Crippen LogP contribution is -2.38. The van der Waals surface area contributed by atoms with Gasteiger partial charge in [-0.3, -0.25) is 4.79 Å². The van der Waals surface area contributed by atoms with Crippen LogP contribution < -0.4 is 0 Å². The summed E-state index contributed by atoms with van der Waals surface area (Å²) in [5, 5.41) is 0. The smallest absolute Gasteiger partial charge is 0.416 e. The number of rotatable bonds is 6. The number of allylic oxidation sites excluding steroid dienone is 1. The summed E-state index contributed by atoms with van der Waals surface area (Å²) in [6, 6.07) is 7.81. The Balaban J connectivity index is 2.11. The van der Waals surface area contributed by atoms with E-state index in [1.54, 1.807) is 0 Å². The zero-order chi connectivity index (χ0) is 24.3. The van der Waals surface area contributed by atoms with E-state index in [4.69, 9.17) is 4.74 Å². The van der Waals surface area contributed by atoms with E-state index in [0.29, 0.717) is 0 Å². The summed E-state index contributed by atoms with van der Waals surface area (Å²) in [6.07, 6.45) is -3.83. The predicted molar refractivity (Wildman–Crippen MR) is 110 cm³/mol. The van der Waals surface area contributed by atoms with Gasteiger partial charge in [-0.05, 0) is 36.2 Å².